The summed E-state index contributed by atoms with van der Waals surface area (Å²) < 4.78 is 45.6. The lowest BCUT2D eigenvalue weighted by Gasteiger charge is -2.05. The molecular formula is C16H13F3N4O. The summed E-state index contributed by atoms with van der Waals surface area (Å²) >= 11 is 0. The lowest BCUT2D eigenvalue weighted by atomic mass is 10.2. The van der Waals surface area contributed by atoms with Gasteiger partial charge in [-0.2, -0.15) is 0 Å². The minimum Gasteiger partial charge on any atom is -0.471 e. The van der Waals surface area contributed by atoms with Crippen molar-refractivity contribution in [2.45, 2.75) is 20.0 Å². The number of rotatable bonds is 5. The molecule has 0 saturated heterocycles. The number of ether oxygens (including phenoxy) is 1. The molecule has 0 saturated carbocycles. The van der Waals surface area contributed by atoms with Gasteiger partial charge in [-0.15, -0.1) is 5.10 Å². The van der Waals surface area contributed by atoms with E-state index in [1.165, 1.54) is 16.9 Å². The fourth-order valence-corrected chi connectivity index (χ4v) is 2.08. The van der Waals surface area contributed by atoms with Gasteiger partial charge in [-0.05, 0) is 31.2 Å². The molecule has 0 N–H and O–H groups in total. The molecule has 0 amide bonds. The number of halogens is 3. The molecular weight excluding hydrogens is 321 g/mol. The van der Waals surface area contributed by atoms with Crippen LogP contribution in [0.4, 0.5) is 13.2 Å². The molecule has 0 aliphatic carbocycles. The average Bonchev–Trinajstić information content (AvgIpc) is 3.02. The van der Waals surface area contributed by atoms with E-state index in [1.807, 2.05) is 19.1 Å². The van der Waals surface area contributed by atoms with Crippen molar-refractivity contribution in [3.05, 3.63) is 65.4 Å². The summed E-state index contributed by atoms with van der Waals surface area (Å²) in [5.74, 6) is -0.505. The quantitative estimate of drug-likeness (QED) is 0.715. The predicted octanol–water partition coefficient (Wildman–Crippen LogP) is 3.63. The Bertz CT molecular complexity index is 851. The van der Waals surface area contributed by atoms with Crippen LogP contribution in [0.25, 0.3) is 5.69 Å². The highest BCUT2D eigenvalue weighted by Gasteiger charge is 2.15. The first kappa shape index (κ1) is 16.0. The average molecular weight is 334 g/mol. The summed E-state index contributed by atoms with van der Waals surface area (Å²) in [5.41, 5.74) is 0.923. The Balaban J connectivity index is 1.75. The van der Waals surface area contributed by atoms with Gasteiger partial charge in [-0.25, -0.2) is 22.8 Å². The van der Waals surface area contributed by atoms with Gasteiger partial charge in [0.2, 0.25) is 5.88 Å². The number of nitrogens with zero attached hydrogens (tertiary/aromatic N) is 4. The van der Waals surface area contributed by atoms with E-state index in [-0.39, 0.29) is 6.61 Å². The van der Waals surface area contributed by atoms with Crippen LogP contribution in [0.15, 0.2) is 42.6 Å². The van der Waals surface area contributed by atoms with Crippen molar-refractivity contribution in [2.24, 2.45) is 0 Å². The summed E-state index contributed by atoms with van der Waals surface area (Å²) in [7, 11) is 0. The van der Waals surface area contributed by atoms with Gasteiger partial charge in [0, 0.05) is 11.8 Å². The zero-order chi connectivity index (χ0) is 17.1. The van der Waals surface area contributed by atoms with Crippen LogP contribution in [0.1, 0.15) is 23.4 Å². The van der Waals surface area contributed by atoms with Crippen LogP contribution >= 0.6 is 0 Å². The summed E-state index contributed by atoms with van der Waals surface area (Å²) in [6, 6.07) is 8.75. The number of benzene rings is 1. The van der Waals surface area contributed by atoms with Gasteiger partial charge < -0.3 is 4.74 Å². The normalized spacial score (nSPS) is 11.0. The van der Waals surface area contributed by atoms with Crippen molar-refractivity contribution in [3.63, 3.8) is 0 Å². The van der Waals surface area contributed by atoms with E-state index in [9.17, 15) is 13.2 Å². The Kier molecular flexibility index (Phi) is 4.45. The first-order valence-corrected chi connectivity index (χ1v) is 7.08. The SMILES string of the molecule is Cc1cccc(OCc2cn(-c3ccc(F)c(C(F)F)c3)nn2)n1. The van der Waals surface area contributed by atoms with Crippen molar-refractivity contribution < 1.29 is 17.9 Å². The van der Waals surface area contributed by atoms with Gasteiger partial charge in [0.15, 0.2) is 0 Å². The molecule has 0 spiro atoms. The van der Waals surface area contributed by atoms with Crippen molar-refractivity contribution >= 4 is 0 Å². The number of aromatic nitrogens is 4. The van der Waals surface area contributed by atoms with Gasteiger partial charge >= 0.3 is 0 Å². The number of hydrogen-bond acceptors (Lipinski definition) is 4. The van der Waals surface area contributed by atoms with Crippen LogP contribution < -0.4 is 4.74 Å². The van der Waals surface area contributed by atoms with Gasteiger partial charge in [0.05, 0.1) is 17.4 Å². The van der Waals surface area contributed by atoms with Crippen LogP contribution in [0.5, 0.6) is 5.88 Å². The van der Waals surface area contributed by atoms with E-state index in [2.05, 4.69) is 15.3 Å². The zero-order valence-electron chi connectivity index (χ0n) is 12.7. The minimum atomic E-state index is -2.90. The number of aryl methyl sites for hydroxylation is 1. The van der Waals surface area contributed by atoms with E-state index in [4.69, 9.17) is 4.74 Å². The fraction of sp³-hybridized carbons (Fsp3) is 0.188. The minimum absolute atomic E-state index is 0.124. The second-order valence-corrected chi connectivity index (χ2v) is 5.07. The molecule has 0 aliphatic heterocycles. The number of hydrogen-bond donors (Lipinski definition) is 0. The van der Waals surface area contributed by atoms with E-state index in [0.717, 1.165) is 17.8 Å². The molecule has 1 aromatic carbocycles. The molecule has 8 heteroatoms. The lowest BCUT2D eigenvalue weighted by Crippen LogP contribution is -1.99. The first-order chi connectivity index (χ1) is 11.5. The zero-order valence-corrected chi connectivity index (χ0v) is 12.7. The molecule has 0 radical (unpaired) electrons. The molecule has 3 rings (SSSR count). The third-order valence-corrected chi connectivity index (χ3v) is 3.25. The molecule has 2 aromatic heterocycles. The van der Waals surface area contributed by atoms with Crippen molar-refractivity contribution in [1.29, 1.82) is 0 Å². The van der Waals surface area contributed by atoms with Gasteiger partial charge in [0.25, 0.3) is 6.43 Å². The standard InChI is InChI=1S/C16H13F3N4O/c1-10-3-2-4-15(20-10)24-9-11-8-23(22-21-11)12-5-6-14(17)13(7-12)16(18)19/h2-8,16H,9H2,1H3. The van der Waals surface area contributed by atoms with Crippen LogP contribution in [0.3, 0.4) is 0 Å². The van der Waals surface area contributed by atoms with E-state index < -0.39 is 17.8 Å². The highest BCUT2D eigenvalue weighted by Crippen LogP contribution is 2.24. The molecule has 2 heterocycles. The maximum atomic E-state index is 13.3. The molecule has 5 nitrogen and oxygen atoms in total. The van der Waals surface area contributed by atoms with Gasteiger partial charge in [-0.1, -0.05) is 11.3 Å². The van der Waals surface area contributed by atoms with E-state index in [0.29, 0.717) is 17.3 Å². The molecule has 0 bridgehead atoms. The van der Waals surface area contributed by atoms with Crippen molar-refractivity contribution in [2.75, 3.05) is 0 Å². The summed E-state index contributed by atoms with van der Waals surface area (Å²) in [6.07, 6.45) is -1.37. The van der Waals surface area contributed by atoms with E-state index in [1.54, 1.807) is 6.07 Å². The number of alkyl halides is 2. The summed E-state index contributed by atoms with van der Waals surface area (Å²) in [5, 5.41) is 7.75. The summed E-state index contributed by atoms with van der Waals surface area (Å²) in [6.45, 7) is 1.97. The third kappa shape index (κ3) is 3.53. The number of pyridine rings is 1. The first-order valence-electron chi connectivity index (χ1n) is 7.08. The Morgan fingerprint density at radius 1 is 1.21 bits per heavy atom. The predicted molar refractivity (Wildman–Crippen MR) is 79.6 cm³/mol. The Labute approximate surface area is 135 Å². The second-order valence-electron chi connectivity index (χ2n) is 5.07. The molecule has 124 valence electrons. The van der Waals surface area contributed by atoms with Crippen molar-refractivity contribution in [3.8, 4) is 11.6 Å². The largest absolute Gasteiger partial charge is 0.471 e. The van der Waals surface area contributed by atoms with Crippen LogP contribution in [0.2, 0.25) is 0 Å². The van der Waals surface area contributed by atoms with Crippen LogP contribution in [-0.4, -0.2) is 20.0 Å². The molecule has 0 aliphatic rings. The Hall–Kier alpha value is -2.90. The Morgan fingerprint density at radius 3 is 2.79 bits per heavy atom. The second kappa shape index (κ2) is 6.69. The van der Waals surface area contributed by atoms with Crippen molar-refractivity contribution in [1.82, 2.24) is 20.0 Å². The molecule has 0 unspecified atom stereocenters. The molecule has 3 aromatic rings. The van der Waals surface area contributed by atoms with Gasteiger partial charge in [0.1, 0.15) is 18.1 Å². The molecule has 0 fully saturated rings. The van der Waals surface area contributed by atoms with Gasteiger partial charge in [-0.3, -0.25) is 0 Å². The third-order valence-electron chi connectivity index (χ3n) is 3.25. The highest BCUT2D eigenvalue weighted by molar-refractivity contribution is 5.36. The highest BCUT2D eigenvalue weighted by atomic mass is 19.3. The Morgan fingerprint density at radius 2 is 2.04 bits per heavy atom. The van der Waals surface area contributed by atoms with Crippen LogP contribution in [0, 0.1) is 12.7 Å². The maximum Gasteiger partial charge on any atom is 0.266 e. The summed E-state index contributed by atoms with van der Waals surface area (Å²) in [4.78, 5) is 4.19. The van der Waals surface area contributed by atoms with Crippen LogP contribution in [-0.2, 0) is 6.61 Å². The fourth-order valence-electron chi connectivity index (χ4n) is 2.08. The topological polar surface area (TPSA) is 52.8 Å². The molecule has 24 heavy (non-hydrogen) atoms. The monoisotopic (exact) mass is 334 g/mol. The lowest BCUT2D eigenvalue weighted by molar-refractivity contribution is 0.146. The molecule has 0 atom stereocenters. The smallest absolute Gasteiger partial charge is 0.266 e. The maximum absolute atomic E-state index is 13.3. The van der Waals surface area contributed by atoms with E-state index >= 15 is 0 Å².